The molecule has 1 fully saturated rings. The first-order valence-electron chi connectivity index (χ1n) is 8.54. The zero-order valence-electron chi connectivity index (χ0n) is 14.6. The third-order valence-electron chi connectivity index (χ3n) is 4.70. The number of rotatable bonds is 4. The van der Waals surface area contributed by atoms with Gasteiger partial charge in [-0.2, -0.15) is 4.98 Å². The molecule has 0 aliphatic carbocycles. The molecule has 0 spiro atoms. The first-order valence-corrected chi connectivity index (χ1v) is 9.05. The number of aryl methyl sites for hydroxylation is 1. The molecule has 3 aromatic heterocycles. The molecule has 2 N–H and O–H groups in total. The number of anilines is 3. The van der Waals surface area contributed by atoms with Crippen LogP contribution in [0.2, 0.25) is 0 Å². The Morgan fingerprint density at radius 1 is 1.15 bits per heavy atom. The van der Waals surface area contributed by atoms with Crippen molar-refractivity contribution in [1.82, 2.24) is 24.2 Å². The van der Waals surface area contributed by atoms with Gasteiger partial charge in [0.1, 0.15) is 11.5 Å². The molecule has 1 saturated heterocycles. The number of aromatic nitrogens is 4. The Hall–Kier alpha value is -2.28. The van der Waals surface area contributed by atoms with E-state index in [1.54, 1.807) is 6.20 Å². The summed E-state index contributed by atoms with van der Waals surface area (Å²) in [6.45, 7) is 4.04. The Kier molecular flexibility index (Phi) is 4.72. The number of nitrogens with zero attached hydrogens (tertiary/aromatic N) is 6. The summed E-state index contributed by atoms with van der Waals surface area (Å²) in [5.41, 5.74) is 2.71. The van der Waals surface area contributed by atoms with Gasteiger partial charge in [0.2, 0.25) is 5.95 Å². The van der Waals surface area contributed by atoms with E-state index in [2.05, 4.69) is 45.3 Å². The van der Waals surface area contributed by atoms with Crippen LogP contribution < -0.4 is 10.2 Å². The standard InChI is InChI=1S/C17H22N7OP/c1-22-14(11-25)8-12-9-19-17(21-16(12)22)20-15-3-2-13(10-18-15)23-4-6-24(26)7-5-23/h2-3,8-10,25H,4-7,11,26H2,1H3,(H,18,19,20,21). The first-order chi connectivity index (χ1) is 12.6. The van der Waals surface area contributed by atoms with E-state index in [9.17, 15) is 5.11 Å². The number of nitrogens with one attached hydrogen (secondary N) is 1. The fourth-order valence-corrected chi connectivity index (χ4v) is 3.35. The number of piperazine rings is 1. The van der Waals surface area contributed by atoms with E-state index in [1.807, 2.05) is 29.9 Å². The topological polar surface area (TPSA) is 82.3 Å². The van der Waals surface area contributed by atoms with Crippen LogP contribution in [-0.4, -0.2) is 55.5 Å². The van der Waals surface area contributed by atoms with Gasteiger partial charge in [-0.1, -0.05) is 9.39 Å². The minimum Gasteiger partial charge on any atom is -0.390 e. The van der Waals surface area contributed by atoms with E-state index >= 15 is 0 Å². The van der Waals surface area contributed by atoms with Crippen LogP contribution in [0.3, 0.4) is 0 Å². The lowest BCUT2D eigenvalue weighted by Gasteiger charge is -2.33. The maximum atomic E-state index is 9.37. The molecule has 0 radical (unpaired) electrons. The van der Waals surface area contributed by atoms with E-state index in [0.717, 1.165) is 48.6 Å². The highest BCUT2D eigenvalue weighted by atomic mass is 31.0. The Morgan fingerprint density at radius 3 is 2.65 bits per heavy atom. The number of hydrogen-bond acceptors (Lipinski definition) is 7. The van der Waals surface area contributed by atoms with Crippen molar-refractivity contribution in [2.75, 3.05) is 36.4 Å². The molecule has 0 amide bonds. The third-order valence-corrected chi connectivity index (χ3v) is 5.21. The van der Waals surface area contributed by atoms with Crippen LogP contribution in [0, 0.1) is 0 Å². The highest BCUT2D eigenvalue weighted by Crippen LogP contribution is 2.21. The SMILES string of the molecule is Cn1c(CO)cc2cnc(Nc3ccc(N4CCN(P)CC4)cn3)nc21. The summed E-state index contributed by atoms with van der Waals surface area (Å²) in [4.78, 5) is 15.7. The van der Waals surface area contributed by atoms with Gasteiger partial charge in [0.25, 0.3) is 0 Å². The Balaban J connectivity index is 1.50. The molecule has 4 rings (SSSR count). The van der Waals surface area contributed by atoms with Gasteiger partial charge >= 0.3 is 0 Å². The number of aliphatic hydroxyl groups excluding tert-OH is 1. The van der Waals surface area contributed by atoms with E-state index in [-0.39, 0.29) is 6.61 Å². The van der Waals surface area contributed by atoms with Crippen molar-refractivity contribution in [3.05, 3.63) is 36.3 Å². The Bertz CT molecular complexity index is 903. The fraction of sp³-hybridized carbons (Fsp3) is 0.353. The van der Waals surface area contributed by atoms with Crippen molar-refractivity contribution >= 4 is 37.9 Å². The predicted octanol–water partition coefficient (Wildman–Crippen LogP) is 1.51. The second-order valence-electron chi connectivity index (χ2n) is 6.38. The summed E-state index contributed by atoms with van der Waals surface area (Å²) in [5, 5.41) is 13.4. The monoisotopic (exact) mass is 371 g/mol. The third kappa shape index (κ3) is 3.35. The average molecular weight is 371 g/mol. The first kappa shape index (κ1) is 17.1. The molecule has 136 valence electrons. The summed E-state index contributed by atoms with van der Waals surface area (Å²) in [6, 6.07) is 5.90. The average Bonchev–Trinajstić information content (AvgIpc) is 2.99. The van der Waals surface area contributed by atoms with Crippen molar-refractivity contribution in [2.45, 2.75) is 6.61 Å². The van der Waals surface area contributed by atoms with E-state index < -0.39 is 0 Å². The van der Waals surface area contributed by atoms with Gasteiger partial charge in [-0.3, -0.25) is 4.67 Å². The van der Waals surface area contributed by atoms with E-state index in [1.165, 1.54) is 0 Å². The summed E-state index contributed by atoms with van der Waals surface area (Å²) in [7, 11) is 4.64. The zero-order chi connectivity index (χ0) is 18.1. The van der Waals surface area contributed by atoms with Gasteiger partial charge in [0, 0.05) is 50.5 Å². The van der Waals surface area contributed by atoms with Gasteiger partial charge < -0.3 is 19.9 Å². The second-order valence-corrected chi connectivity index (χ2v) is 7.11. The predicted molar refractivity (Wildman–Crippen MR) is 105 cm³/mol. The molecule has 1 aliphatic rings. The second kappa shape index (κ2) is 7.15. The molecular weight excluding hydrogens is 349 g/mol. The molecule has 26 heavy (non-hydrogen) atoms. The molecule has 8 nitrogen and oxygen atoms in total. The van der Waals surface area contributed by atoms with E-state index in [4.69, 9.17) is 0 Å². The molecule has 4 heterocycles. The Morgan fingerprint density at radius 2 is 1.96 bits per heavy atom. The van der Waals surface area contributed by atoms with Crippen molar-refractivity contribution < 1.29 is 5.11 Å². The zero-order valence-corrected chi connectivity index (χ0v) is 15.8. The van der Waals surface area contributed by atoms with Gasteiger partial charge in [-0.15, -0.1) is 0 Å². The van der Waals surface area contributed by atoms with Gasteiger partial charge in [0.15, 0.2) is 0 Å². The molecule has 0 bridgehead atoms. The van der Waals surface area contributed by atoms with E-state index in [0.29, 0.717) is 11.8 Å². The van der Waals surface area contributed by atoms with Crippen LogP contribution in [0.25, 0.3) is 11.0 Å². The molecule has 1 aliphatic heterocycles. The molecule has 1 atom stereocenters. The van der Waals surface area contributed by atoms with Gasteiger partial charge in [-0.25, -0.2) is 9.97 Å². The molecule has 0 saturated carbocycles. The lowest BCUT2D eigenvalue weighted by Crippen LogP contribution is -2.42. The largest absolute Gasteiger partial charge is 0.390 e. The number of pyridine rings is 1. The maximum Gasteiger partial charge on any atom is 0.230 e. The Labute approximate surface area is 154 Å². The molecule has 0 aromatic carbocycles. The fourth-order valence-electron chi connectivity index (χ4n) is 3.12. The normalized spacial score (nSPS) is 15.6. The van der Waals surface area contributed by atoms with Gasteiger partial charge in [0.05, 0.1) is 18.5 Å². The minimum atomic E-state index is -0.0242. The number of fused-ring (bicyclic) bond motifs is 1. The quantitative estimate of drug-likeness (QED) is 0.673. The molecular formula is C17H22N7OP. The van der Waals surface area contributed by atoms with Crippen LogP contribution >= 0.6 is 9.39 Å². The molecule has 3 aromatic rings. The molecule has 9 heteroatoms. The van der Waals surface area contributed by atoms with Crippen molar-refractivity contribution in [3.8, 4) is 0 Å². The van der Waals surface area contributed by atoms with Crippen molar-refractivity contribution in [3.63, 3.8) is 0 Å². The van der Waals surface area contributed by atoms with Crippen LogP contribution in [0.4, 0.5) is 17.5 Å². The van der Waals surface area contributed by atoms with Crippen molar-refractivity contribution in [2.24, 2.45) is 7.05 Å². The van der Waals surface area contributed by atoms with Crippen molar-refractivity contribution in [1.29, 1.82) is 0 Å². The highest BCUT2D eigenvalue weighted by Gasteiger charge is 2.15. The summed E-state index contributed by atoms with van der Waals surface area (Å²) >= 11 is 0. The lowest BCUT2D eigenvalue weighted by molar-refractivity contribution is 0.273. The smallest absolute Gasteiger partial charge is 0.230 e. The van der Waals surface area contributed by atoms with Crippen LogP contribution in [0.15, 0.2) is 30.6 Å². The summed E-state index contributed by atoms with van der Waals surface area (Å²) in [6.07, 6.45) is 3.63. The number of hydrogen-bond donors (Lipinski definition) is 2. The summed E-state index contributed by atoms with van der Waals surface area (Å²) < 4.78 is 4.11. The molecule has 1 unspecified atom stereocenters. The maximum absolute atomic E-state index is 9.37. The van der Waals surface area contributed by atoms with Gasteiger partial charge in [-0.05, 0) is 18.2 Å². The minimum absolute atomic E-state index is 0.0242. The van der Waals surface area contributed by atoms with Crippen LogP contribution in [-0.2, 0) is 13.7 Å². The van der Waals surface area contributed by atoms with Crippen LogP contribution in [0.1, 0.15) is 5.69 Å². The summed E-state index contributed by atoms with van der Waals surface area (Å²) in [5.74, 6) is 1.19. The number of aliphatic hydroxyl groups is 1. The lowest BCUT2D eigenvalue weighted by atomic mass is 10.3. The van der Waals surface area contributed by atoms with Crippen LogP contribution in [0.5, 0.6) is 0 Å². The highest BCUT2D eigenvalue weighted by molar-refractivity contribution is 7.13.